The molecule has 152 valence electrons. The molecule has 2 aromatic heterocycles. The van der Waals surface area contributed by atoms with Gasteiger partial charge in [-0.05, 0) is 37.1 Å². The van der Waals surface area contributed by atoms with E-state index in [1.165, 1.54) is 0 Å². The minimum Gasteiger partial charge on any atom is -0.439 e. The average Bonchev–Trinajstić information content (AvgIpc) is 3.47. The molecule has 1 atom stereocenters. The van der Waals surface area contributed by atoms with Gasteiger partial charge in [-0.25, -0.2) is 20.3 Å². The molecule has 4 rings (SSSR count). The summed E-state index contributed by atoms with van der Waals surface area (Å²) in [4.78, 5) is 14.2. The van der Waals surface area contributed by atoms with Crippen LogP contribution in [0.4, 0.5) is 0 Å². The molecular weight excluding hydrogens is 370 g/mol. The van der Waals surface area contributed by atoms with Gasteiger partial charge in [0, 0.05) is 36.2 Å². The Morgan fingerprint density at radius 3 is 2.76 bits per heavy atom. The number of nitrogens with zero attached hydrogens (tertiary/aromatic N) is 3. The molecule has 3 N–H and O–H groups in total. The van der Waals surface area contributed by atoms with Crippen molar-refractivity contribution in [2.45, 2.75) is 32.9 Å². The topological polar surface area (TPSA) is 105 Å². The molecule has 1 aromatic carbocycles. The maximum atomic E-state index is 8.91. The summed E-state index contributed by atoms with van der Waals surface area (Å²) in [6.45, 7) is 4.13. The van der Waals surface area contributed by atoms with Crippen LogP contribution in [0.5, 0.6) is 11.6 Å². The van der Waals surface area contributed by atoms with E-state index in [1.807, 2.05) is 56.3 Å². The van der Waals surface area contributed by atoms with E-state index >= 15 is 0 Å². The number of H-pyrrole nitrogens is 1. The van der Waals surface area contributed by atoms with Crippen molar-refractivity contribution in [3.05, 3.63) is 60.4 Å². The zero-order valence-electron chi connectivity index (χ0n) is 16.5. The van der Waals surface area contributed by atoms with Gasteiger partial charge >= 0.3 is 0 Å². The number of aliphatic hydroxyl groups is 1. The number of pyridine rings is 1. The number of benzene rings is 1. The number of ether oxygens (including phenoxy) is 1. The second-order valence-electron chi connectivity index (χ2n) is 6.00. The molecule has 29 heavy (non-hydrogen) atoms. The fraction of sp³-hybridized carbons (Fsp3) is 0.286. The van der Waals surface area contributed by atoms with Gasteiger partial charge < -0.3 is 9.84 Å². The molecule has 0 saturated carbocycles. The molecular formula is C21H25N5O3. The molecule has 8 heteroatoms. The van der Waals surface area contributed by atoms with Crippen LogP contribution in [0, 0.1) is 0 Å². The molecule has 3 aromatic rings. The molecule has 0 aliphatic carbocycles. The number of aromatic amines is 1. The van der Waals surface area contributed by atoms with Crippen LogP contribution in [0.1, 0.15) is 32.3 Å². The fourth-order valence-corrected chi connectivity index (χ4v) is 2.69. The standard InChI is InChI=1S/C19H19N5O3.C2H6/c25-10-2-5-18-22-19(24-27-18)13-3-1-4-15(11-13)26-17-7-6-14(12-20-17)16-8-9-21-23-16;1-2/h1,3-4,6-9,11-12,18,25H,2,5,10H2,(H,21,23)(H,22,24);1-2H3. The molecule has 1 unspecified atom stereocenters. The van der Waals surface area contributed by atoms with E-state index in [1.54, 1.807) is 12.4 Å². The minimum absolute atomic E-state index is 0.125. The third-order valence-electron chi connectivity index (χ3n) is 4.05. The van der Waals surface area contributed by atoms with Gasteiger partial charge in [0.1, 0.15) is 5.75 Å². The van der Waals surface area contributed by atoms with Crippen molar-refractivity contribution in [3.8, 4) is 22.9 Å². The van der Waals surface area contributed by atoms with Crippen LogP contribution < -0.4 is 10.2 Å². The monoisotopic (exact) mass is 395 g/mol. The molecule has 0 spiro atoms. The van der Waals surface area contributed by atoms with Crippen molar-refractivity contribution in [1.29, 1.82) is 0 Å². The number of aliphatic hydroxyl groups excluding tert-OH is 1. The highest BCUT2D eigenvalue weighted by Crippen LogP contribution is 2.24. The van der Waals surface area contributed by atoms with Crippen LogP contribution in [0.2, 0.25) is 0 Å². The molecule has 0 saturated heterocycles. The van der Waals surface area contributed by atoms with Crippen molar-refractivity contribution in [2.75, 3.05) is 6.61 Å². The summed E-state index contributed by atoms with van der Waals surface area (Å²) in [6.07, 6.45) is 4.45. The van der Waals surface area contributed by atoms with Gasteiger partial charge in [0.05, 0.1) is 5.69 Å². The number of aliphatic imine (C=N–C) groups is 1. The number of amidine groups is 1. The first kappa shape index (κ1) is 20.5. The van der Waals surface area contributed by atoms with Gasteiger partial charge in [0.25, 0.3) is 0 Å². The predicted octanol–water partition coefficient (Wildman–Crippen LogP) is 3.67. The van der Waals surface area contributed by atoms with Crippen LogP contribution in [-0.4, -0.2) is 39.0 Å². The third-order valence-corrected chi connectivity index (χ3v) is 4.05. The Morgan fingerprint density at radius 2 is 2.03 bits per heavy atom. The lowest BCUT2D eigenvalue weighted by molar-refractivity contribution is 0.0295. The Balaban J connectivity index is 0.00000117. The van der Waals surface area contributed by atoms with E-state index in [0.29, 0.717) is 30.3 Å². The lowest BCUT2D eigenvalue weighted by Gasteiger charge is -2.07. The SMILES string of the molecule is CC.OCCCC1N=C(c2cccc(Oc3ccc(-c4ccn[nH]4)cn3)c2)NO1. The second kappa shape index (κ2) is 10.4. The van der Waals surface area contributed by atoms with Crippen molar-refractivity contribution in [1.82, 2.24) is 20.7 Å². The molecule has 0 radical (unpaired) electrons. The largest absolute Gasteiger partial charge is 0.439 e. The molecule has 0 bridgehead atoms. The lowest BCUT2D eigenvalue weighted by atomic mass is 10.2. The normalized spacial score (nSPS) is 15.1. The zero-order chi connectivity index (χ0) is 20.5. The number of nitrogens with one attached hydrogen (secondary N) is 2. The first-order valence-corrected chi connectivity index (χ1v) is 9.66. The third kappa shape index (κ3) is 5.40. The smallest absolute Gasteiger partial charge is 0.219 e. The number of hydrogen-bond donors (Lipinski definition) is 3. The predicted molar refractivity (Wildman–Crippen MR) is 111 cm³/mol. The van der Waals surface area contributed by atoms with Crippen molar-refractivity contribution >= 4 is 5.84 Å². The summed E-state index contributed by atoms with van der Waals surface area (Å²) >= 11 is 0. The van der Waals surface area contributed by atoms with E-state index in [2.05, 4.69) is 25.7 Å². The van der Waals surface area contributed by atoms with Crippen molar-refractivity contribution in [2.24, 2.45) is 4.99 Å². The van der Waals surface area contributed by atoms with Crippen LogP contribution in [-0.2, 0) is 4.84 Å². The maximum absolute atomic E-state index is 8.91. The summed E-state index contributed by atoms with van der Waals surface area (Å²) < 4.78 is 5.85. The highest BCUT2D eigenvalue weighted by molar-refractivity contribution is 5.99. The van der Waals surface area contributed by atoms with Crippen LogP contribution in [0.3, 0.4) is 0 Å². The summed E-state index contributed by atoms with van der Waals surface area (Å²) in [7, 11) is 0. The van der Waals surface area contributed by atoms with E-state index in [-0.39, 0.29) is 12.8 Å². The highest BCUT2D eigenvalue weighted by atomic mass is 16.7. The van der Waals surface area contributed by atoms with Crippen LogP contribution >= 0.6 is 0 Å². The summed E-state index contributed by atoms with van der Waals surface area (Å²) in [5.74, 6) is 1.79. The molecule has 8 nitrogen and oxygen atoms in total. The number of hydroxylamine groups is 1. The Bertz CT molecular complexity index is 910. The number of aromatic nitrogens is 3. The van der Waals surface area contributed by atoms with Gasteiger partial charge in [-0.2, -0.15) is 5.10 Å². The van der Waals surface area contributed by atoms with Crippen molar-refractivity contribution < 1.29 is 14.7 Å². The molecule has 3 heterocycles. The van der Waals surface area contributed by atoms with Gasteiger partial charge in [0.15, 0.2) is 12.1 Å². The van der Waals surface area contributed by atoms with Crippen molar-refractivity contribution in [3.63, 3.8) is 0 Å². The summed E-state index contributed by atoms with van der Waals surface area (Å²) in [6, 6.07) is 13.1. The quantitative estimate of drug-likeness (QED) is 0.564. The first-order valence-electron chi connectivity index (χ1n) is 9.66. The molecule has 0 amide bonds. The van der Waals surface area contributed by atoms with E-state index in [4.69, 9.17) is 14.7 Å². The lowest BCUT2D eigenvalue weighted by Crippen LogP contribution is -2.19. The minimum atomic E-state index is -0.284. The van der Waals surface area contributed by atoms with Gasteiger partial charge in [-0.3, -0.25) is 5.10 Å². The molecule has 1 aliphatic rings. The number of rotatable bonds is 7. The average molecular weight is 395 g/mol. The Hall–Kier alpha value is -3.23. The first-order chi connectivity index (χ1) is 14.3. The van der Waals surface area contributed by atoms with E-state index in [9.17, 15) is 0 Å². The Morgan fingerprint density at radius 1 is 1.14 bits per heavy atom. The van der Waals surface area contributed by atoms with Gasteiger partial charge in [0.2, 0.25) is 5.88 Å². The Kier molecular flexibility index (Phi) is 7.32. The van der Waals surface area contributed by atoms with E-state index < -0.39 is 0 Å². The summed E-state index contributed by atoms with van der Waals surface area (Å²) in [5, 5.41) is 15.7. The molecule has 1 aliphatic heterocycles. The van der Waals surface area contributed by atoms with E-state index in [0.717, 1.165) is 16.8 Å². The zero-order valence-corrected chi connectivity index (χ0v) is 16.5. The molecule has 0 fully saturated rings. The number of hydrogen-bond acceptors (Lipinski definition) is 7. The Labute approximate surface area is 169 Å². The summed E-state index contributed by atoms with van der Waals surface area (Å²) in [5.41, 5.74) is 5.52. The highest BCUT2D eigenvalue weighted by Gasteiger charge is 2.19. The maximum Gasteiger partial charge on any atom is 0.219 e. The van der Waals surface area contributed by atoms with Crippen LogP contribution in [0.25, 0.3) is 11.3 Å². The van der Waals surface area contributed by atoms with Gasteiger partial charge in [-0.15, -0.1) is 0 Å². The second-order valence-corrected chi connectivity index (χ2v) is 6.00. The van der Waals surface area contributed by atoms with Gasteiger partial charge in [-0.1, -0.05) is 26.0 Å². The fourth-order valence-electron chi connectivity index (χ4n) is 2.69. The van der Waals surface area contributed by atoms with Crippen LogP contribution in [0.15, 0.2) is 59.9 Å².